The van der Waals surface area contributed by atoms with Gasteiger partial charge in [0.05, 0.1) is 0 Å². The van der Waals surface area contributed by atoms with Crippen molar-refractivity contribution >= 4 is 12.4 Å². The first kappa shape index (κ1) is 12.9. The summed E-state index contributed by atoms with van der Waals surface area (Å²) < 4.78 is 10.5. The van der Waals surface area contributed by atoms with Crippen LogP contribution >= 0.6 is 12.4 Å². The Balaban J connectivity index is 0.00000128. The molecule has 1 aromatic rings. The quantitative estimate of drug-likeness (QED) is 0.825. The fourth-order valence-electron chi connectivity index (χ4n) is 1.61. The summed E-state index contributed by atoms with van der Waals surface area (Å²) >= 11 is 0. The van der Waals surface area contributed by atoms with Gasteiger partial charge in [0.2, 0.25) is 6.79 Å². The van der Waals surface area contributed by atoms with Gasteiger partial charge in [-0.3, -0.25) is 0 Å². The first-order valence-electron chi connectivity index (χ1n) is 5.07. The first-order chi connectivity index (χ1) is 7.31. The second-order valence-corrected chi connectivity index (χ2v) is 3.59. The van der Waals surface area contributed by atoms with E-state index in [2.05, 4.69) is 6.58 Å². The zero-order valence-corrected chi connectivity index (χ0v) is 9.83. The zero-order valence-electron chi connectivity index (χ0n) is 9.02. The lowest BCUT2D eigenvalue weighted by Gasteiger charge is -2.11. The minimum atomic E-state index is 0. The summed E-state index contributed by atoms with van der Waals surface area (Å²) in [5, 5.41) is 0. The number of allylic oxidation sites excluding steroid dienone is 1. The highest BCUT2D eigenvalue weighted by Crippen LogP contribution is 2.34. The molecule has 0 fully saturated rings. The standard InChI is InChI=1S/C12H15NO2.ClH/c1-2-3-4-10(13)9-5-6-11-12(7-9)15-8-14-11;/h2,5-7,10H,1,3-4,8,13H2;1H/t10-;/m0./s1. The Morgan fingerprint density at radius 1 is 1.38 bits per heavy atom. The normalized spacial score (nSPS) is 14.1. The average Bonchev–Trinajstić information content (AvgIpc) is 2.72. The minimum absolute atomic E-state index is 0. The van der Waals surface area contributed by atoms with E-state index in [0.29, 0.717) is 6.79 Å². The van der Waals surface area contributed by atoms with E-state index >= 15 is 0 Å². The SMILES string of the molecule is C=CCC[C@H](N)c1ccc2c(c1)OCO2.Cl. The molecule has 88 valence electrons. The monoisotopic (exact) mass is 241 g/mol. The molecule has 0 aromatic heterocycles. The third kappa shape index (κ3) is 2.68. The molecule has 1 aromatic carbocycles. The third-order valence-electron chi connectivity index (χ3n) is 2.51. The van der Waals surface area contributed by atoms with Crippen LogP contribution in [-0.2, 0) is 0 Å². The molecule has 0 saturated carbocycles. The van der Waals surface area contributed by atoms with Gasteiger partial charge in [0.1, 0.15) is 0 Å². The van der Waals surface area contributed by atoms with E-state index in [1.807, 2.05) is 24.3 Å². The van der Waals surface area contributed by atoms with Gasteiger partial charge in [-0.05, 0) is 30.5 Å². The number of hydrogen-bond donors (Lipinski definition) is 1. The van der Waals surface area contributed by atoms with Crippen LogP contribution in [0.1, 0.15) is 24.4 Å². The van der Waals surface area contributed by atoms with Crippen LogP contribution in [0.15, 0.2) is 30.9 Å². The van der Waals surface area contributed by atoms with Crippen LogP contribution in [0.3, 0.4) is 0 Å². The fraction of sp³-hybridized carbons (Fsp3) is 0.333. The summed E-state index contributed by atoms with van der Waals surface area (Å²) in [6.45, 7) is 3.99. The molecule has 16 heavy (non-hydrogen) atoms. The van der Waals surface area contributed by atoms with Crippen LogP contribution in [0.25, 0.3) is 0 Å². The molecule has 2 N–H and O–H groups in total. The van der Waals surface area contributed by atoms with Crippen LogP contribution in [0.5, 0.6) is 11.5 Å². The molecule has 0 aliphatic carbocycles. The second kappa shape index (κ2) is 5.77. The molecule has 1 atom stereocenters. The van der Waals surface area contributed by atoms with Crippen LogP contribution in [0.2, 0.25) is 0 Å². The van der Waals surface area contributed by atoms with Gasteiger partial charge in [-0.1, -0.05) is 12.1 Å². The van der Waals surface area contributed by atoms with Gasteiger partial charge in [0.15, 0.2) is 11.5 Å². The average molecular weight is 242 g/mol. The maximum atomic E-state index is 6.03. The highest BCUT2D eigenvalue weighted by atomic mass is 35.5. The van der Waals surface area contributed by atoms with Crippen molar-refractivity contribution in [2.45, 2.75) is 18.9 Å². The molecule has 1 heterocycles. The van der Waals surface area contributed by atoms with Gasteiger partial charge in [-0.2, -0.15) is 0 Å². The number of fused-ring (bicyclic) bond motifs is 1. The van der Waals surface area contributed by atoms with Crippen molar-refractivity contribution in [1.29, 1.82) is 0 Å². The van der Waals surface area contributed by atoms with Crippen molar-refractivity contribution in [3.63, 3.8) is 0 Å². The van der Waals surface area contributed by atoms with Gasteiger partial charge in [-0.25, -0.2) is 0 Å². The Morgan fingerprint density at radius 3 is 2.88 bits per heavy atom. The van der Waals surface area contributed by atoms with Crippen LogP contribution < -0.4 is 15.2 Å². The lowest BCUT2D eigenvalue weighted by molar-refractivity contribution is 0.174. The lowest BCUT2D eigenvalue weighted by Crippen LogP contribution is -2.09. The number of halogens is 1. The second-order valence-electron chi connectivity index (χ2n) is 3.59. The number of benzene rings is 1. The van der Waals surface area contributed by atoms with Crippen LogP contribution in [-0.4, -0.2) is 6.79 Å². The smallest absolute Gasteiger partial charge is 0.231 e. The molecule has 0 bridgehead atoms. The predicted octanol–water partition coefficient (Wildman–Crippen LogP) is 2.80. The van der Waals surface area contributed by atoms with Crippen LogP contribution in [0, 0.1) is 0 Å². The molecule has 0 spiro atoms. The van der Waals surface area contributed by atoms with Gasteiger partial charge in [0.25, 0.3) is 0 Å². The van der Waals surface area contributed by atoms with E-state index in [0.717, 1.165) is 29.9 Å². The molecular weight excluding hydrogens is 226 g/mol. The van der Waals surface area contributed by atoms with Crippen molar-refractivity contribution in [1.82, 2.24) is 0 Å². The summed E-state index contributed by atoms with van der Waals surface area (Å²) in [5.41, 5.74) is 7.12. The molecule has 2 rings (SSSR count). The van der Waals surface area contributed by atoms with Crippen molar-refractivity contribution in [2.24, 2.45) is 5.73 Å². The van der Waals surface area contributed by atoms with E-state index in [1.165, 1.54) is 0 Å². The van der Waals surface area contributed by atoms with Gasteiger partial charge in [-0.15, -0.1) is 19.0 Å². The molecule has 0 unspecified atom stereocenters. The molecule has 0 amide bonds. The number of rotatable bonds is 4. The summed E-state index contributed by atoms with van der Waals surface area (Å²) in [7, 11) is 0. The topological polar surface area (TPSA) is 44.5 Å². The minimum Gasteiger partial charge on any atom is -0.454 e. The van der Waals surface area contributed by atoms with Crippen LogP contribution in [0.4, 0.5) is 0 Å². The number of hydrogen-bond acceptors (Lipinski definition) is 3. The summed E-state index contributed by atoms with van der Waals surface area (Å²) in [5.74, 6) is 1.59. The van der Waals surface area contributed by atoms with Gasteiger partial charge < -0.3 is 15.2 Å². The molecule has 3 nitrogen and oxygen atoms in total. The first-order valence-corrected chi connectivity index (χ1v) is 5.07. The van der Waals surface area contributed by atoms with E-state index in [4.69, 9.17) is 15.2 Å². The van der Waals surface area contributed by atoms with E-state index < -0.39 is 0 Å². The molecule has 1 aliphatic rings. The third-order valence-corrected chi connectivity index (χ3v) is 2.51. The summed E-state index contributed by atoms with van der Waals surface area (Å²) in [6.07, 6.45) is 3.71. The summed E-state index contributed by atoms with van der Waals surface area (Å²) in [6, 6.07) is 5.89. The highest BCUT2D eigenvalue weighted by Gasteiger charge is 2.15. The Kier molecular flexibility index (Phi) is 4.65. The Bertz CT molecular complexity index is 368. The largest absolute Gasteiger partial charge is 0.454 e. The van der Waals surface area contributed by atoms with Crippen molar-refractivity contribution in [3.8, 4) is 11.5 Å². The fourth-order valence-corrected chi connectivity index (χ4v) is 1.61. The Morgan fingerprint density at radius 2 is 2.12 bits per heavy atom. The molecule has 1 aliphatic heterocycles. The lowest BCUT2D eigenvalue weighted by atomic mass is 10.0. The molecule has 0 radical (unpaired) electrons. The number of ether oxygens (including phenoxy) is 2. The Labute approximate surface area is 102 Å². The van der Waals surface area contributed by atoms with Crippen molar-refractivity contribution < 1.29 is 9.47 Å². The van der Waals surface area contributed by atoms with E-state index in [9.17, 15) is 0 Å². The van der Waals surface area contributed by atoms with E-state index in [1.54, 1.807) is 0 Å². The zero-order chi connectivity index (χ0) is 10.7. The molecule has 0 saturated heterocycles. The maximum Gasteiger partial charge on any atom is 0.231 e. The van der Waals surface area contributed by atoms with Gasteiger partial charge in [0, 0.05) is 6.04 Å². The summed E-state index contributed by atoms with van der Waals surface area (Å²) in [4.78, 5) is 0. The molecule has 4 heteroatoms. The van der Waals surface area contributed by atoms with Crippen molar-refractivity contribution in [3.05, 3.63) is 36.4 Å². The van der Waals surface area contributed by atoms with Crippen molar-refractivity contribution in [2.75, 3.05) is 6.79 Å². The predicted molar refractivity (Wildman–Crippen MR) is 66.2 cm³/mol. The Hall–Kier alpha value is -1.19. The molecular formula is C12H16ClNO2. The number of nitrogens with two attached hydrogens (primary N) is 1. The highest BCUT2D eigenvalue weighted by molar-refractivity contribution is 5.85. The maximum absolute atomic E-state index is 6.03. The van der Waals surface area contributed by atoms with E-state index in [-0.39, 0.29) is 18.4 Å². The van der Waals surface area contributed by atoms with Gasteiger partial charge >= 0.3 is 0 Å².